The van der Waals surface area contributed by atoms with Crippen LogP contribution in [0.25, 0.3) is 0 Å². The first-order chi connectivity index (χ1) is 6.86. The molecule has 0 unspecified atom stereocenters. The lowest BCUT2D eigenvalue weighted by Crippen LogP contribution is -2.38. The van der Waals surface area contributed by atoms with Crippen molar-refractivity contribution in [2.75, 3.05) is 18.4 Å². The molecule has 3 heteroatoms. The molecule has 0 radical (unpaired) electrons. The van der Waals surface area contributed by atoms with Gasteiger partial charge in [-0.2, -0.15) is 0 Å². The van der Waals surface area contributed by atoms with E-state index in [-0.39, 0.29) is 0 Å². The lowest BCUT2D eigenvalue weighted by atomic mass is 10.1. The van der Waals surface area contributed by atoms with Crippen LogP contribution in [0.3, 0.4) is 0 Å². The molecule has 1 aliphatic heterocycles. The highest BCUT2D eigenvalue weighted by Gasteiger charge is 2.13. The summed E-state index contributed by atoms with van der Waals surface area (Å²) in [4.78, 5) is 4.33. The lowest BCUT2D eigenvalue weighted by Gasteiger charge is -2.24. The minimum atomic E-state index is 0.539. The average molecular weight is 191 g/mol. The van der Waals surface area contributed by atoms with Crippen molar-refractivity contribution in [2.45, 2.75) is 25.8 Å². The van der Waals surface area contributed by atoms with E-state index in [0.29, 0.717) is 6.04 Å². The van der Waals surface area contributed by atoms with Crippen molar-refractivity contribution in [1.29, 1.82) is 0 Å². The van der Waals surface area contributed by atoms with Crippen molar-refractivity contribution < 1.29 is 0 Å². The molecule has 1 saturated heterocycles. The highest BCUT2D eigenvalue weighted by atomic mass is 15.1. The molecule has 14 heavy (non-hydrogen) atoms. The molecule has 3 nitrogen and oxygen atoms in total. The molecule has 0 saturated carbocycles. The van der Waals surface area contributed by atoms with E-state index in [0.717, 1.165) is 18.9 Å². The highest BCUT2D eigenvalue weighted by Crippen LogP contribution is 2.13. The summed E-state index contributed by atoms with van der Waals surface area (Å²) in [6.45, 7) is 4.29. The Bertz CT molecular complexity index is 292. The summed E-state index contributed by atoms with van der Waals surface area (Å²) in [5, 5.41) is 6.86. The first-order valence-corrected chi connectivity index (χ1v) is 5.25. The van der Waals surface area contributed by atoms with E-state index < -0.39 is 0 Å². The smallest absolute Gasteiger partial charge is 0.129 e. The molecule has 0 bridgehead atoms. The van der Waals surface area contributed by atoms with Crippen LogP contribution in [0.15, 0.2) is 18.3 Å². The first kappa shape index (κ1) is 9.46. The Morgan fingerprint density at radius 2 is 2.50 bits per heavy atom. The second kappa shape index (κ2) is 4.42. The van der Waals surface area contributed by atoms with Gasteiger partial charge in [0.15, 0.2) is 0 Å². The Hall–Kier alpha value is -1.09. The monoisotopic (exact) mass is 191 g/mol. The van der Waals surface area contributed by atoms with E-state index in [9.17, 15) is 0 Å². The molecular formula is C11H17N3. The average Bonchev–Trinajstić information content (AvgIpc) is 2.23. The highest BCUT2D eigenvalue weighted by molar-refractivity contribution is 5.43. The van der Waals surface area contributed by atoms with Gasteiger partial charge in [0.25, 0.3) is 0 Å². The van der Waals surface area contributed by atoms with Crippen molar-refractivity contribution in [3.8, 4) is 0 Å². The van der Waals surface area contributed by atoms with Crippen LogP contribution in [-0.2, 0) is 0 Å². The summed E-state index contributed by atoms with van der Waals surface area (Å²) in [6, 6.07) is 4.60. The molecule has 0 amide bonds. The van der Waals surface area contributed by atoms with Gasteiger partial charge in [-0.15, -0.1) is 0 Å². The largest absolute Gasteiger partial charge is 0.366 e. The summed E-state index contributed by atoms with van der Waals surface area (Å²) in [5.41, 5.74) is 1.22. The fraction of sp³-hybridized carbons (Fsp3) is 0.545. The lowest BCUT2D eigenvalue weighted by molar-refractivity contribution is 0.479. The van der Waals surface area contributed by atoms with Gasteiger partial charge in [-0.3, -0.25) is 0 Å². The molecule has 1 atom stereocenters. The Kier molecular flexibility index (Phi) is 2.99. The number of nitrogens with one attached hydrogen (secondary N) is 2. The van der Waals surface area contributed by atoms with Crippen LogP contribution >= 0.6 is 0 Å². The van der Waals surface area contributed by atoms with Crippen LogP contribution in [0.2, 0.25) is 0 Å². The summed E-state index contributed by atoms with van der Waals surface area (Å²) >= 11 is 0. The van der Waals surface area contributed by atoms with E-state index in [1.807, 2.05) is 12.3 Å². The number of pyridine rings is 1. The minimum absolute atomic E-state index is 0.539. The Morgan fingerprint density at radius 1 is 1.57 bits per heavy atom. The number of nitrogens with zero attached hydrogens (tertiary/aromatic N) is 1. The second-order valence-electron chi connectivity index (χ2n) is 3.86. The van der Waals surface area contributed by atoms with Gasteiger partial charge in [-0.05, 0) is 37.9 Å². The maximum atomic E-state index is 4.33. The van der Waals surface area contributed by atoms with Crippen molar-refractivity contribution >= 4 is 5.82 Å². The maximum Gasteiger partial charge on any atom is 0.129 e. The summed E-state index contributed by atoms with van der Waals surface area (Å²) < 4.78 is 0. The summed E-state index contributed by atoms with van der Waals surface area (Å²) in [6.07, 6.45) is 4.33. The molecule has 76 valence electrons. The number of aromatic nitrogens is 1. The Labute approximate surface area is 84.9 Å². The van der Waals surface area contributed by atoms with Gasteiger partial charge in [-0.1, -0.05) is 6.07 Å². The van der Waals surface area contributed by atoms with E-state index >= 15 is 0 Å². The molecule has 2 N–H and O–H groups in total. The molecule has 1 aromatic heterocycles. The van der Waals surface area contributed by atoms with E-state index in [2.05, 4.69) is 28.6 Å². The van der Waals surface area contributed by atoms with Gasteiger partial charge < -0.3 is 10.6 Å². The molecule has 2 heterocycles. The molecule has 0 aliphatic carbocycles. The van der Waals surface area contributed by atoms with Crippen LogP contribution < -0.4 is 10.6 Å². The van der Waals surface area contributed by atoms with Crippen LogP contribution in [0.5, 0.6) is 0 Å². The normalized spacial score (nSPS) is 21.9. The second-order valence-corrected chi connectivity index (χ2v) is 3.86. The summed E-state index contributed by atoms with van der Waals surface area (Å²) in [7, 11) is 0. The van der Waals surface area contributed by atoms with Crippen LogP contribution in [0.1, 0.15) is 18.4 Å². The number of aryl methyl sites for hydroxylation is 1. The molecule has 1 fully saturated rings. The van der Waals surface area contributed by atoms with Gasteiger partial charge in [0.05, 0.1) is 0 Å². The molecule has 1 aliphatic rings. The van der Waals surface area contributed by atoms with Gasteiger partial charge in [-0.25, -0.2) is 4.98 Å². The van der Waals surface area contributed by atoms with Gasteiger partial charge >= 0.3 is 0 Å². The third-order valence-electron chi connectivity index (χ3n) is 2.65. The van der Waals surface area contributed by atoms with Crippen LogP contribution in [0, 0.1) is 6.92 Å². The van der Waals surface area contributed by atoms with Crippen molar-refractivity contribution in [3.63, 3.8) is 0 Å². The van der Waals surface area contributed by atoms with Gasteiger partial charge in [0.1, 0.15) is 5.82 Å². The fourth-order valence-corrected chi connectivity index (χ4v) is 1.81. The zero-order valence-electron chi connectivity index (χ0n) is 8.59. The zero-order chi connectivity index (χ0) is 9.80. The third kappa shape index (κ3) is 2.23. The zero-order valence-corrected chi connectivity index (χ0v) is 8.59. The van der Waals surface area contributed by atoms with E-state index in [1.54, 1.807) is 0 Å². The number of rotatable bonds is 2. The number of hydrogen-bond donors (Lipinski definition) is 2. The Morgan fingerprint density at radius 3 is 3.21 bits per heavy atom. The Balaban J connectivity index is 1.99. The molecular weight excluding hydrogens is 174 g/mol. The first-order valence-electron chi connectivity index (χ1n) is 5.25. The van der Waals surface area contributed by atoms with Crippen molar-refractivity contribution in [3.05, 3.63) is 23.9 Å². The third-order valence-corrected chi connectivity index (χ3v) is 2.65. The maximum absolute atomic E-state index is 4.33. The predicted molar refractivity (Wildman–Crippen MR) is 58.5 cm³/mol. The topological polar surface area (TPSA) is 37.0 Å². The molecule has 2 rings (SSSR count). The van der Waals surface area contributed by atoms with Gasteiger partial charge in [0, 0.05) is 18.8 Å². The molecule has 1 aromatic rings. The predicted octanol–water partition coefficient (Wildman–Crippen LogP) is 1.55. The minimum Gasteiger partial charge on any atom is -0.366 e. The standard InChI is InChI=1S/C11H17N3/c1-9-4-2-7-13-11(9)14-10-5-3-6-12-8-10/h2,4,7,10,12H,3,5-6,8H2,1H3,(H,13,14)/t10-/m0/s1. The van der Waals surface area contributed by atoms with E-state index in [1.165, 1.54) is 18.4 Å². The van der Waals surface area contributed by atoms with Crippen LogP contribution in [0.4, 0.5) is 5.82 Å². The number of hydrogen-bond acceptors (Lipinski definition) is 3. The fourth-order valence-electron chi connectivity index (χ4n) is 1.81. The SMILES string of the molecule is Cc1cccnc1N[C@H]1CCCNC1. The van der Waals surface area contributed by atoms with E-state index in [4.69, 9.17) is 0 Å². The van der Waals surface area contributed by atoms with Crippen LogP contribution in [-0.4, -0.2) is 24.1 Å². The molecule has 0 spiro atoms. The van der Waals surface area contributed by atoms with Gasteiger partial charge in [0.2, 0.25) is 0 Å². The van der Waals surface area contributed by atoms with Crippen molar-refractivity contribution in [2.24, 2.45) is 0 Å². The summed E-state index contributed by atoms with van der Waals surface area (Å²) in [5.74, 6) is 1.03. The number of anilines is 1. The molecule has 0 aromatic carbocycles. The number of piperidine rings is 1. The quantitative estimate of drug-likeness (QED) is 0.744. The van der Waals surface area contributed by atoms with Crippen molar-refractivity contribution in [1.82, 2.24) is 10.3 Å².